The summed E-state index contributed by atoms with van der Waals surface area (Å²) in [5.74, 6) is 0. The van der Waals surface area contributed by atoms with Crippen molar-refractivity contribution in [3.8, 4) is 0 Å². The van der Waals surface area contributed by atoms with E-state index in [-0.39, 0.29) is 0 Å². The van der Waals surface area contributed by atoms with Crippen LogP contribution in [0.15, 0.2) is 84.9 Å². The van der Waals surface area contributed by atoms with Crippen molar-refractivity contribution < 1.29 is 5.11 Å². The van der Waals surface area contributed by atoms with Gasteiger partial charge >= 0.3 is 0 Å². The zero-order valence-electron chi connectivity index (χ0n) is 16.0. The zero-order valence-corrected chi connectivity index (χ0v) is 16.8. The summed E-state index contributed by atoms with van der Waals surface area (Å²) in [6.07, 6.45) is 2.68. The van der Waals surface area contributed by atoms with Crippen molar-refractivity contribution in [2.45, 2.75) is 23.8 Å². The number of rotatable bonds is 6. The van der Waals surface area contributed by atoms with Crippen LogP contribution in [0.2, 0.25) is 0 Å². The van der Waals surface area contributed by atoms with Crippen LogP contribution in [0.5, 0.6) is 0 Å². The minimum absolute atomic E-state index is 0.655. The van der Waals surface area contributed by atoms with Crippen LogP contribution in [-0.4, -0.2) is 26.4 Å². The van der Waals surface area contributed by atoms with Crippen molar-refractivity contribution in [3.05, 3.63) is 96.1 Å². The van der Waals surface area contributed by atoms with Crippen LogP contribution in [-0.2, 0) is 10.5 Å². The second-order valence-corrected chi connectivity index (χ2v) is 7.86. The van der Waals surface area contributed by atoms with Gasteiger partial charge in [-0.25, -0.2) is 4.68 Å². The third-order valence-electron chi connectivity index (χ3n) is 5.46. The molecule has 1 heterocycles. The zero-order chi connectivity index (χ0) is 19.6. The fourth-order valence-electron chi connectivity index (χ4n) is 4.05. The van der Waals surface area contributed by atoms with Crippen LogP contribution < -0.4 is 0 Å². The van der Waals surface area contributed by atoms with E-state index < -0.39 is 10.5 Å². The number of hydrogen-bond donors (Lipinski definition) is 1. The first-order chi connectivity index (χ1) is 13.7. The largest absolute Gasteiger partial charge is 0.377 e. The summed E-state index contributed by atoms with van der Waals surface area (Å²) < 4.78 is 1.90. The number of nitrogens with zero attached hydrogens (tertiary/aromatic N) is 3. The third-order valence-corrected chi connectivity index (χ3v) is 6.89. The van der Waals surface area contributed by atoms with Gasteiger partial charge < -0.3 is 5.11 Å². The molecule has 1 unspecified atom stereocenters. The molecule has 0 saturated heterocycles. The molecule has 5 heteroatoms. The van der Waals surface area contributed by atoms with E-state index in [1.54, 1.807) is 11.8 Å². The van der Waals surface area contributed by atoms with E-state index in [0.717, 1.165) is 22.2 Å². The number of hydrogen-bond acceptors (Lipinski definition) is 4. The standard InChI is InChI=1S/C23H23N3OS/c1-3-22(28-2,26-21-17-11-10-16-20(21)24-25-26)23(27,18-12-6-4-7-13-18)19-14-8-5-9-15-19/h4-17,27H,3H2,1-2H3. The van der Waals surface area contributed by atoms with E-state index in [4.69, 9.17) is 0 Å². The molecule has 0 amide bonds. The molecule has 4 aromatic rings. The molecule has 142 valence electrons. The fourth-order valence-corrected chi connectivity index (χ4v) is 5.18. The summed E-state index contributed by atoms with van der Waals surface area (Å²) in [5, 5.41) is 21.4. The van der Waals surface area contributed by atoms with Crippen molar-refractivity contribution in [1.29, 1.82) is 0 Å². The Hall–Kier alpha value is -2.63. The summed E-state index contributed by atoms with van der Waals surface area (Å²) in [5.41, 5.74) is 2.08. The van der Waals surface area contributed by atoms with Gasteiger partial charge in [-0.15, -0.1) is 16.9 Å². The van der Waals surface area contributed by atoms with E-state index in [9.17, 15) is 5.11 Å². The van der Waals surface area contributed by atoms with E-state index in [2.05, 4.69) is 17.2 Å². The lowest BCUT2D eigenvalue weighted by atomic mass is 9.78. The van der Waals surface area contributed by atoms with Crippen LogP contribution in [0, 0.1) is 0 Å². The Balaban J connectivity index is 2.07. The Bertz CT molecular complexity index is 1020. The molecule has 4 nitrogen and oxygen atoms in total. The van der Waals surface area contributed by atoms with E-state index in [0.29, 0.717) is 6.42 Å². The van der Waals surface area contributed by atoms with Gasteiger partial charge in [0.05, 0.1) is 5.52 Å². The highest BCUT2D eigenvalue weighted by molar-refractivity contribution is 7.99. The third kappa shape index (κ3) is 2.65. The van der Waals surface area contributed by atoms with Gasteiger partial charge in [0.1, 0.15) is 16.0 Å². The molecule has 0 bridgehead atoms. The molecule has 0 fully saturated rings. The highest BCUT2D eigenvalue weighted by Gasteiger charge is 2.54. The molecule has 0 aliphatic rings. The smallest absolute Gasteiger partial charge is 0.149 e. The van der Waals surface area contributed by atoms with Gasteiger partial charge in [-0.1, -0.05) is 84.9 Å². The average molecular weight is 390 g/mol. The first-order valence-electron chi connectivity index (χ1n) is 9.37. The van der Waals surface area contributed by atoms with Crippen molar-refractivity contribution >= 4 is 22.8 Å². The quantitative estimate of drug-likeness (QED) is 0.515. The molecule has 0 aliphatic heterocycles. The number of fused-ring (bicyclic) bond motifs is 1. The Labute approximate surface area is 169 Å². The molecule has 0 saturated carbocycles. The minimum Gasteiger partial charge on any atom is -0.377 e. The Morgan fingerprint density at radius 2 is 1.39 bits per heavy atom. The molecule has 3 aromatic carbocycles. The predicted molar refractivity (Wildman–Crippen MR) is 115 cm³/mol. The molecule has 1 N–H and O–H groups in total. The normalized spacial score (nSPS) is 14.1. The lowest BCUT2D eigenvalue weighted by Crippen LogP contribution is -2.52. The monoisotopic (exact) mass is 389 g/mol. The van der Waals surface area contributed by atoms with Gasteiger partial charge in [0.25, 0.3) is 0 Å². The molecule has 1 aromatic heterocycles. The lowest BCUT2D eigenvalue weighted by Gasteiger charge is -2.46. The summed E-state index contributed by atoms with van der Waals surface area (Å²) in [6, 6.07) is 27.6. The van der Waals surface area contributed by atoms with Gasteiger partial charge in [0.15, 0.2) is 0 Å². The number of aliphatic hydroxyl groups is 1. The molecule has 0 radical (unpaired) electrons. The Morgan fingerprint density at radius 3 is 1.93 bits per heavy atom. The molecule has 0 spiro atoms. The molecule has 1 atom stereocenters. The van der Waals surface area contributed by atoms with Crippen LogP contribution >= 0.6 is 11.8 Å². The summed E-state index contributed by atoms with van der Waals surface area (Å²) in [4.78, 5) is -0.786. The predicted octanol–water partition coefficient (Wildman–Crippen LogP) is 4.79. The topological polar surface area (TPSA) is 50.9 Å². The van der Waals surface area contributed by atoms with Crippen molar-refractivity contribution in [3.63, 3.8) is 0 Å². The van der Waals surface area contributed by atoms with Crippen molar-refractivity contribution in [2.24, 2.45) is 0 Å². The molecule has 4 rings (SSSR count). The fraction of sp³-hybridized carbons (Fsp3) is 0.217. The number of benzene rings is 3. The van der Waals surface area contributed by atoms with Crippen LogP contribution in [0.4, 0.5) is 0 Å². The van der Waals surface area contributed by atoms with E-state index in [1.807, 2.05) is 95.9 Å². The average Bonchev–Trinajstić information content (AvgIpc) is 3.21. The van der Waals surface area contributed by atoms with Crippen molar-refractivity contribution in [1.82, 2.24) is 15.0 Å². The minimum atomic E-state index is -1.31. The van der Waals surface area contributed by atoms with Crippen LogP contribution in [0.1, 0.15) is 24.5 Å². The molecule has 28 heavy (non-hydrogen) atoms. The SMILES string of the molecule is CCC(SC)(n1nnc2ccccc21)C(O)(c1ccccc1)c1ccccc1. The second kappa shape index (κ2) is 7.41. The lowest BCUT2D eigenvalue weighted by molar-refractivity contribution is -0.00344. The molecule has 0 aliphatic carbocycles. The highest BCUT2D eigenvalue weighted by atomic mass is 32.2. The first-order valence-corrected chi connectivity index (χ1v) is 10.6. The van der Waals surface area contributed by atoms with Gasteiger partial charge in [-0.05, 0) is 35.9 Å². The van der Waals surface area contributed by atoms with Gasteiger partial charge in [-0.2, -0.15) is 0 Å². The summed E-state index contributed by atoms with van der Waals surface area (Å²) in [6.45, 7) is 2.09. The Morgan fingerprint density at radius 1 is 0.857 bits per heavy atom. The Kier molecular flexibility index (Phi) is 4.96. The van der Waals surface area contributed by atoms with Gasteiger partial charge in [-0.3, -0.25) is 0 Å². The van der Waals surface area contributed by atoms with Gasteiger partial charge in [0.2, 0.25) is 0 Å². The second-order valence-electron chi connectivity index (χ2n) is 6.77. The molecular formula is C23H23N3OS. The van der Waals surface area contributed by atoms with Gasteiger partial charge in [0, 0.05) is 0 Å². The van der Waals surface area contributed by atoms with Crippen LogP contribution in [0.3, 0.4) is 0 Å². The molecular weight excluding hydrogens is 366 g/mol. The maximum Gasteiger partial charge on any atom is 0.149 e. The maximum atomic E-state index is 12.5. The summed E-state index contributed by atoms with van der Waals surface area (Å²) in [7, 11) is 0. The number of aromatic nitrogens is 3. The number of thioether (sulfide) groups is 1. The maximum absolute atomic E-state index is 12.5. The van der Waals surface area contributed by atoms with Crippen molar-refractivity contribution in [2.75, 3.05) is 6.26 Å². The highest BCUT2D eigenvalue weighted by Crippen LogP contribution is 2.52. The number of para-hydroxylation sites is 1. The van der Waals surface area contributed by atoms with E-state index in [1.165, 1.54) is 0 Å². The van der Waals surface area contributed by atoms with Crippen LogP contribution in [0.25, 0.3) is 11.0 Å². The van der Waals surface area contributed by atoms with E-state index >= 15 is 0 Å². The first kappa shape index (κ1) is 18.7. The summed E-state index contributed by atoms with van der Waals surface area (Å²) >= 11 is 1.60.